The molecule has 118 valence electrons. The third-order valence-corrected chi connectivity index (χ3v) is 2.74. The zero-order chi connectivity index (χ0) is 16.7. The molecule has 1 aromatic carbocycles. The van der Waals surface area contributed by atoms with Crippen molar-refractivity contribution in [1.29, 1.82) is 0 Å². The Balaban J connectivity index is 2.20. The number of nitrogens with one attached hydrogen (secondary N) is 2. The first-order valence-electron chi connectivity index (χ1n) is 6.66. The van der Waals surface area contributed by atoms with E-state index >= 15 is 0 Å². The summed E-state index contributed by atoms with van der Waals surface area (Å²) in [6.07, 6.45) is 2.75. The van der Waals surface area contributed by atoms with Crippen molar-refractivity contribution in [2.45, 2.75) is 0 Å². The lowest BCUT2D eigenvalue weighted by Crippen LogP contribution is -2.41. The fourth-order valence-electron chi connectivity index (χ4n) is 1.71. The molecule has 0 aliphatic rings. The van der Waals surface area contributed by atoms with Gasteiger partial charge in [0, 0.05) is 0 Å². The maximum Gasteiger partial charge on any atom is 0.291 e. The summed E-state index contributed by atoms with van der Waals surface area (Å²) >= 11 is 0. The number of carbonyl (C=O) groups is 3. The van der Waals surface area contributed by atoms with Crippen LogP contribution in [0.2, 0.25) is 0 Å². The normalized spacial score (nSPS) is 10.9. The minimum Gasteiger partial charge on any atom is -0.548 e. The number of rotatable bonds is 6. The van der Waals surface area contributed by atoms with Crippen LogP contribution < -0.4 is 15.7 Å². The molecule has 0 saturated heterocycles. The van der Waals surface area contributed by atoms with Gasteiger partial charge in [-0.05, 0) is 23.8 Å². The van der Waals surface area contributed by atoms with Crippen LogP contribution in [0.5, 0.6) is 0 Å². The van der Waals surface area contributed by atoms with E-state index in [-0.39, 0.29) is 11.5 Å². The number of aliphatic carboxylic acids is 1. The molecule has 0 atom stereocenters. The van der Waals surface area contributed by atoms with Crippen LogP contribution in [-0.4, -0.2) is 24.3 Å². The highest BCUT2D eigenvalue weighted by molar-refractivity contribution is 6.04. The maximum atomic E-state index is 12.0. The predicted molar refractivity (Wildman–Crippen MR) is 78.6 cm³/mol. The summed E-state index contributed by atoms with van der Waals surface area (Å²) in [6.45, 7) is -0.665. The first-order chi connectivity index (χ1) is 11.1. The van der Waals surface area contributed by atoms with Gasteiger partial charge < -0.3 is 25.0 Å². The highest BCUT2D eigenvalue weighted by atomic mass is 16.4. The van der Waals surface area contributed by atoms with Crippen molar-refractivity contribution in [1.82, 2.24) is 10.6 Å². The van der Waals surface area contributed by atoms with Crippen LogP contribution in [0.25, 0.3) is 6.08 Å². The molecule has 2 aromatic rings. The van der Waals surface area contributed by atoms with Crippen LogP contribution in [0, 0.1) is 0 Å². The molecule has 1 heterocycles. The van der Waals surface area contributed by atoms with Gasteiger partial charge in [-0.2, -0.15) is 0 Å². The second-order valence-corrected chi connectivity index (χ2v) is 4.45. The quantitative estimate of drug-likeness (QED) is 0.724. The SMILES string of the molecule is O=C([O-])CNC(=O)/C(=C\c1ccccc1)NC(=O)c1ccco1. The van der Waals surface area contributed by atoms with Crippen LogP contribution in [-0.2, 0) is 9.59 Å². The van der Waals surface area contributed by atoms with Crippen LogP contribution >= 0.6 is 0 Å². The molecule has 0 unspecified atom stereocenters. The molecule has 7 heteroatoms. The van der Waals surface area contributed by atoms with Gasteiger partial charge in [0.15, 0.2) is 5.76 Å². The third kappa shape index (κ3) is 4.85. The van der Waals surface area contributed by atoms with Crippen molar-refractivity contribution in [3.05, 3.63) is 65.7 Å². The van der Waals surface area contributed by atoms with Crippen molar-refractivity contribution < 1.29 is 23.9 Å². The fraction of sp³-hybridized carbons (Fsp3) is 0.0625. The van der Waals surface area contributed by atoms with E-state index in [1.165, 1.54) is 24.5 Å². The van der Waals surface area contributed by atoms with Crippen molar-refractivity contribution in [2.75, 3.05) is 6.54 Å². The molecule has 1 aromatic heterocycles. The average molecular weight is 313 g/mol. The molecule has 0 spiro atoms. The van der Waals surface area contributed by atoms with Crippen molar-refractivity contribution in [2.24, 2.45) is 0 Å². The van der Waals surface area contributed by atoms with E-state index in [0.29, 0.717) is 5.56 Å². The van der Waals surface area contributed by atoms with Crippen molar-refractivity contribution in [3.8, 4) is 0 Å². The molecule has 2 rings (SSSR count). The number of benzene rings is 1. The first kappa shape index (κ1) is 16.0. The number of hydrogen-bond donors (Lipinski definition) is 2. The van der Waals surface area contributed by atoms with Gasteiger partial charge >= 0.3 is 0 Å². The Kier molecular flexibility index (Phi) is 5.30. The second kappa shape index (κ2) is 7.60. The molecule has 0 saturated carbocycles. The Labute approximate surface area is 131 Å². The smallest absolute Gasteiger partial charge is 0.291 e. The van der Waals surface area contributed by atoms with Crippen molar-refractivity contribution >= 4 is 23.9 Å². The largest absolute Gasteiger partial charge is 0.548 e. The Morgan fingerprint density at radius 2 is 1.83 bits per heavy atom. The Hall–Kier alpha value is -3.35. The zero-order valence-corrected chi connectivity index (χ0v) is 11.9. The number of carboxylic acid groups (broad SMARTS) is 1. The molecule has 23 heavy (non-hydrogen) atoms. The van der Waals surface area contributed by atoms with Crippen LogP contribution in [0.3, 0.4) is 0 Å². The van der Waals surface area contributed by atoms with E-state index in [9.17, 15) is 19.5 Å². The summed E-state index contributed by atoms with van der Waals surface area (Å²) in [6, 6.07) is 11.7. The Morgan fingerprint density at radius 1 is 1.09 bits per heavy atom. The van der Waals surface area contributed by atoms with Crippen LogP contribution in [0.1, 0.15) is 16.1 Å². The fourth-order valence-corrected chi connectivity index (χ4v) is 1.71. The highest BCUT2D eigenvalue weighted by Crippen LogP contribution is 2.07. The number of carboxylic acids is 1. The van der Waals surface area contributed by atoms with E-state index in [2.05, 4.69) is 10.6 Å². The molecule has 2 N–H and O–H groups in total. The monoisotopic (exact) mass is 313 g/mol. The van der Waals surface area contributed by atoms with E-state index in [4.69, 9.17) is 4.42 Å². The summed E-state index contributed by atoms with van der Waals surface area (Å²) in [5.41, 5.74) is 0.546. The molecular weight excluding hydrogens is 300 g/mol. The van der Waals surface area contributed by atoms with Gasteiger partial charge in [-0.15, -0.1) is 0 Å². The van der Waals surface area contributed by atoms with E-state index in [0.717, 1.165) is 0 Å². The van der Waals surface area contributed by atoms with Gasteiger partial charge in [0.25, 0.3) is 11.8 Å². The molecule has 0 aliphatic heterocycles. The predicted octanol–water partition coefficient (Wildman–Crippen LogP) is -0.0834. The second-order valence-electron chi connectivity index (χ2n) is 4.45. The molecule has 0 bridgehead atoms. The molecule has 0 radical (unpaired) electrons. The average Bonchev–Trinajstić information content (AvgIpc) is 3.07. The number of furan rings is 1. The van der Waals surface area contributed by atoms with Gasteiger partial charge in [-0.3, -0.25) is 9.59 Å². The van der Waals surface area contributed by atoms with Crippen LogP contribution in [0.15, 0.2) is 58.8 Å². The maximum absolute atomic E-state index is 12.0. The standard InChI is InChI=1S/C16H14N2O5/c19-14(20)10-17-15(21)12(9-11-5-2-1-3-6-11)18-16(22)13-7-4-8-23-13/h1-9H,10H2,(H,17,21)(H,18,22)(H,19,20)/p-1/b12-9+. The molecule has 7 nitrogen and oxygen atoms in total. The topological polar surface area (TPSA) is 111 Å². The lowest BCUT2D eigenvalue weighted by Gasteiger charge is -2.10. The summed E-state index contributed by atoms with van der Waals surface area (Å²) in [4.78, 5) is 34.5. The minimum absolute atomic E-state index is 0.0247. The number of carbonyl (C=O) groups excluding carboxylic acids is 3. The zero-order valence-electron chi connectivity index (χ0n) is 11.9. The minimum atomic E-state index is -1.44. The van der Waals surface area contributed by atoms with Crippen LogP contribution in [0.4, 0.5) is 0 Å². The van der Waals surface area contributed by atoms with Gasteiger partial charge in [0.1, 0.15) is 5.70 Å². The summed E-state index contributed by atoms with van der Waals surface area (Å²) in [5.74, 6) is -2.79. The third-order valence-electron chi connectivity index (χ3n) is 2.74. The van der Waals surface area contributed by atoms with Gasteiger partial charge in [0.2, 0.25) is 0 Å². The van der Waals surface area contributed by atoms with Gasteiger partial charge in [-0.25, -0.2) is 0 Å². The molecule has 0 aliphatic carbocycles. The Morgan fingerprint density at radius 3 is 2.43 bits per heavy atom. The first-order valence-corrected chi connectivity index (χ1v) is 6.66. The van der Waals surface area contributed by atoms with E-state index in [1.807, 2.05) is 0 Å². The molecule has 0 fully saturated rings. The molecule has 2 amide bonds. The highest BCUT2D eigenvalue weighted by Gasteiger charge is 2.16. The lowest BCUT2D eigenvalue weighted by atomic mass is 10.2. The number of amides is 2. The van der Waals surface area contributed by atoms with Gasteiger partial charge in [-0.1, -0.05) is 30.3 Å². The lowest BCUT2D eigenvalue weighted by molar-refractivity contribution is -0.303. The number of hydrogen-bond acceptors (Lipinski definition) is 5. The van der Waals surface area contributed by atoms with E-state index in [1.54, 1.807) is 30.3 Å². The Bertz CT molecular complexity index is 720. The van der Waals surface area contributed by atoms with Crippen molar-refractivity contribution in [3.63, 3.8) is 0 Å². The summed E-state index contributed by atoms with van der Waals surface area (Å²) in [7, 11) is 0. The van der Waals surface area contributed by atoms with E-state index < -0.39 is 24.3 Å². The summed E-state index contributed by atoms with van der Waals surface area (Å²) in [5, 5.41) is 15.0. The van der Waals surface area contributed by atoms with Gasteiger partial charge in [0.05, 0.1) is 18.8 Å². The molecular formula is C16H13N2O5-. The summed E-state index contributed by atoms with van der Waals surface area (Å²) < 4.78 is 4.95.